The number of aryl methyl sites for hydroxylation is 1. The van der Waals surface area contributed by atoms with E-state index in [4.69, 9.17) is 0 Å². The second-order valence-electron chi connectivity index (χ2n) is 7.56. The van der Waals surface area contributed by atoms with Crippen LogP contribution < -0.4 is 0 Å². The molecule has 0 saturated heterocycles. The molecule has 0 radical (unpaired) electrons. The molecule has 0 amide bonds. The van der Waals surface area contributed by atoms with E-state index in [-0.39, 0.29) is 5.92 Å². The Hall–Kier alpha value is -1.90. The van der Waals surface area contributed by atoms with Crippen molar-refractivity contribution >= 4 is 6.08 Å². The van der Waals surface area contributed by atoms with Crippen LogP contribution in [0, 0.1) is 12.8 Å². The fourth-order valence-electron chi connectivity index (χ4n) is 4.03. The molecule has 1 fully saturated rings. The van der Waals surface area contributed by atoms with Gasteiger partial charge in [0.2, 0.25) is 0 Å². The van der Waals surface area contributed by atoms with Gasteiger partial charge in [-0.3, -0.25) is 0 Å². The lowest BCUT2D eigenvalue weighted by Crippen LogP contribution is -2.44. The Bertz CT molecular complexity index is 718. The zero-order chi connectivity index (χ0) is 17.9. The van der Waals surface area contributed by atoms with Crippen LogP contribution in [0.25, 0.3) is 6.08 Å². The molecule has 2 aromatic rings. The standard InChI is InChI=1S/C23H29NO/c1-18-12-14-20(15-13-18)23(25)21(16-19-8-5-4-6-9-19)10-7-11-22(23)17-24(2)3/h4-6,8-9,12-16,22,25H,7,10-11,17H2,1-3H3/b21-16+. The minimum Gasteiger partial charge on any atom is -0.380 e. The summed E-state index contributed by atoms with van der Waals surface area (Å²) in [5.41, 5.74) is 3.65. The largest absolute Gasteiger partial charge is 0.380 e. The number of benzene rings is 2. The fourth-order valence-corrected chi connectivity index (χ4v) is 4.03. The molecular formula is C23H29NO. The van der Waals surface area contributed by atoms with Crippen LogP contribution in [0.3, 0.4) is 0 Å². The molecular weight excluding hydrogens is 306 g/mol. The first-order chi connectivity index (χ1) is 12.0. The molecule has 0 aromatic heterocycles. The topological polar surface area (TPSA) is 23.5 Å². The first-order valence-electron chi connectivity index (χ1n) is 9.20. The lowest BCUT2D eigenvalue weighted by molar-refractivity contribution is -0.0174. The van der Waals surface area contributed by atoms with Crippen LogP contribution >= 0.6 is 0 Å². The highest BCUT2D eigenvalue weighted by Crippen LogP contribution is 2.46. The van der Waals surface area contributed by atoms with E-state index in [0.29, 0.717) is 0 Å². The number of hydrogen-bond donors (Lipinski definition) is 1. The number of nitrogens with zero attached hydrogens (tertiary/aromatic N) is 1. The average Bonchev–Trinajstić information content (AvgIpc) is 2.60. The van der Waals surface area contributed by atoms with Crippen molar-refractivity contribution in [1.29, 1.82) is 0 Å². The Morgan fingerprint density at radius 2 is 1.76 bits per heavy atom. The van der Waals surface area contributed by atoms with Crippen molar-refractivity contribution in [3.05, 3.63) is 76.9 Å². The SMILES string of the molecule is Cc1ccc(C2(O)/C(=C/c3ccccc3)CCCC2CN(C)C)cc1. The normalized spacial score (nSPS) is 25.5. The maximum atomic E-state index is 12.0. The predicted molar refractivity (Wildman–Crippen MR) is 105 cm³/mol. The molecule has 2 unspecified atom stereocenters. The zero-order valence-electron chi connectivity index (χ0n) is 15.6. The van der Waals surface area contributed by atoms with Gasteiger partial charge in [-0.05, 0) is 57.0 Å². The van der Waals surface area contributed by atoms with Crippen LogP contribution in [-0.4, -0.2) is 30.6 Å². The number of hydrogen-bond acceptors (Lipinski definition) is 2. The van der Waals surface area contributed by atoms with Crippen LogP contribution in [0.5, 0.6) is 0 Å². The predicted octanol–water partition coefficient (Wildman–Crippen LogP) is 4.63. The molecule has 2 heteroatoms. The van der Waals surface area contributed by atoms with Gasteiger partial charge in [-0.1, -0.05) is 66.2 Å². The third kappa shape index (κ3) is 3.86. The third-order valence-corrected chi connectivity index (χ3v) is 5.30. The van der Waals surface area contributed by atoms with Crippen LogP contribution in [0.15, 0.2) is 60.2 Å². The average molecular weight is 335 g/mol. The van der Waals surface area contributed by atoms with E-state index in [0.717, 1.165) is 42.5 Å². The van der Waals surface area contributed by atoms with E-state index >= 15 is 0 Å². The highest BCUT2D eigenvalue weighted by molar-refractivity contribution is 5.57. The molecule has 25 heavy (non-hydrogen) atoms. The third-order valence-electron chi connectivity index (χ3n) is 5.30. The summed E-state index contributed by atoms with van der Waals surface area (Å²) >= 11 is 0. The molecule has 0 bridgehead atoms. The molecule has 2 nitrogen and oxygen atoms in total. The van der Waals surface area contributed by atoms with Gasteiger partial charge in [0, 0.05) is 12.5 Å². The van der Waals surface area contributed by atoms with Crippen LogP contribution in [0.1, 0.15) is 36.0 Å². The van der Waals surface area contributed by atoms with Crippen LogP contribution in [0.4, 0.5) is 0 Å². The highest BCUT2D eigenvalue weighted by Gasteiger charge is 2.44. The molecule has 2 aromatic carbocycles. The van der Waals surface area contributed by atoms with Crippen LogP contribution in [-0.2, 0) is 5.60 Å². The lowest BCUT2D eigenvalue weighted by atomic mass is 9.67. The summed E-state index contributed by atoms with van der Waals surface area (Å²) in [5.74, 6) is 0.203. The van der Waals surface area contributed by atoms with Gasteiger partial charge in [-0.25, -0.2) is 0 Å². The van der Waals surface area contributed by atoms with E-state index in [1.807, 2.05) is 6.07 Å². The van der Waals surface area contributed by atoms with Gasteiger partial charge in [-0.15, -0.1) is 0 Å². The van der Waals surface area contributed by atoms with Crippen molar-refractivity contribution in [3.63, 3.8) is 0 Å². The molecule has 0 aliphatic heterocycles. The molecule has 0 heterocycles. The summed E-state index contributed by atoms with van der Waals surface area (Å²) < 4.78 is 0. The van der Waals surface area contributed by atoms with Gasteiger partial charge in [0.05, 0.1) is 0 Å². The highest BCUT2D eigenvalue weighted by atomic mass is 16.3. The van der Waals surface area contributed by atoms with Gasteiger partial charge in [0.15, 0.2) is 0 Å². The van der Waals surface area contributed by atoms with Crippen molar-refractivity contribution in [2.75, 3.05) is 20.6 Å². The fraction of sp³-hybridized carbons (Fsp3) is 0.391. The molecule has 0 spiro atoms. The summed E-state index contributed by atoms with van der Waals surface area (Å²) in [6.07, 6.45) is 5.32. The van der Waals surface area contributed by atoms with Crippen molar-refractivity contribution in [1.82, 2.24) is 4.90 Å². The van der Waals surface area contributed by atoms with Gasteiger partial charge in [0.1, 0.15) is 5.60 Å². The van der Waals surface area contributed by atoms with Gasteiger partial charge in [-0.2, -0.15) is 0 Å². The Balaban J connectivity index is 2.08. The Morgan fingerprint density at radius 1 is 1.08 bits per heavy atom. The number of aliphatic hydroxyl groups is 1. The van der Waals surface area contributed by atoms with E-state index in [9.17, 15) is 5.11 Å². The van der Waals surface area contributed by atoms with Gasteiger partial charge >= 0.3 is 0 Å². The molecule has 1 aliphatic carbocycles. The van der Waals surface area contributed by atoms with Crippen molar-refractivity contribution in [3.8, 4) is 0 Å². The maximum absolute atomic E-state index is 12.0. The summed E-state index contributed by atoms with van der Waals surface area (Å²) in [6, 6.07) is 18.8. The van der Waals surface area contributed by atoms with Crippen molar-refractivity contribution < 1.29 is 5.11 Å². The molecule has 2 atom stereocenters. The molecule has 1 N–H and O–H groups in total. The quantitative estimate of drug-likeness (QED) is 0.881. The Kier molecular flexibility index (Phi) is 5.41. The smallest absolute Gasteiger partial charge is 0.115 e. The van der Waals surface area contributed by atoms with Gasteiger partial charge in [0.25, 0.3) is 0 Å². The minimum atomic E-state index is -0.897. The molecule has 1 aliphatic rings. The number of rotatable bonds is 4. The van der Waals surface area contributed by atoms with E-state index in [1.165, 1.54) is 5.56 Å². The molecule has 132 valence electrons. The maximum Gasteiger partial charge on any atom is 0.115 e. The first-order valence-corrected chi connectivity index (χ1v) is 9.20. The second kappa shape index (κ2) is 7.55. The Labute approximate surface area is 151 Å². The van der Waals surface area contributed by atoms with E-state index in [1.54, 1.807) is 0 Å². The minimum absolute atomic E-state index is 0.203. The monoisotopic (exact) mass is 335 g/mol. The summed E-state index contributed by atoms with van der Waals surface area (Å²) in [6.45, 7) is 2.98. The van der Waals surface area contributed by atoms with Crippen molar-refractivity contribution in [2.24, 2.45) is 5.92 Å². The summed E-state index contributed by atoms with van der Waals surface area (Å²) in [4.78, 5) is 2.19. The van der Waals surface area contributed by atoms with Crippen LogP contribution in [0.2, 0.25) is 0 Å². The summed E-state index contributed by atoms with van der Waals surface area (Å²) in [7, 11) is 4.18. The first kappa shape index (κ1) is 17.9. The second-order valence-corrected chi connectivity index (χ2v) is 7.56. The summed E-state index contributed by atoms with van der Waals surface area (Å²) in [5, 5.41) is 12.0. The lowest BCUT2D eigenvalue weighted by Gasteiger charge is -2.44. The molecule has 1 saturated carbocycles. The zero-order valence-corrected chi connectivity index (χ0v) is 15.6. The van der Waals surface area contributed by atoms with E-state index in [2.05, 4.69) is 80.5 Å². The Morgan fingerprint density at radius 3 is 2.40 bits per heavy atom. The van der Waals surface area contributed by atoms with E-state index < -0.39 is 5.60 Å². The van der Waals surface area contributed by atoms with Gasteiger partial charge < -0.3 is 10.0 Å². The molecule has 3 rings (SSSR count). The van der Waals surface area contributed by atoms with Crippen molar-refractivity contribution in [2.45, 2.75) is 31.8 Å².